The third kappa shape index (κ3) is 6.48. The van der Waals surface area contributed by atoms with Crippen LogP contribution in [0.1, 0.15) is 60.9 Å². The first-order valence-corrected chi connectivity index (χ1v) is 14.1. The first kappa shape index (κ1) is 26.9. The minimum absolute atomic E-state index is 0.0820. The molecule has 0 radical (unpaired) electrons. The third-order valence-electron chi connectivity index (χ3n) is 8.06. The van der Waals surface area contributed by atoms with Crippen molar-refractivity contribution in [1.29, 1.82) is 0 Å². The van der Waals surface area contributed by atoms with Crippen molar-refractivity contribution in [3.05, 3.63) is 83.9 Å². The molecule has 3 N–H and O–H groups in total. The number of amides is 3. The largest absolute Gasteiger partial charge is 0.381 e. The van der Waals surface area contributed by atoms with Gasteiger partial charge in [-0.1, -0.05) is 79.9 Å². The summed E-state index contributed by atoms with van der Waals surface area (Å²) in [6, 6.07) is 21.5. The zero-order valence-corrected chi connectivity index (χ0v) is 22.2. The van der Waals surface area contributed by atoms with E-state index in [2.05, 4.69) is 10.6 Å². The molecule has 2 aliphatic rings. The first-order valence-electron chi connectivity index (χ1n) is 14.1. The SMILES string of the molecule is O=C(N[C@@H](Cc1ccccc1)C(=O)N1CCC[C@H]1C(O)C(=O)NC1CCCCC1)c1ccc2ccccc2c1. The number of fused-ring (bicyclic) bond motifs is 1. The average Bonchev–Trinajstić information content (AvgIpc) is 3.47. The van der Waals surface area contributed by atoms with Crippen LogP contribution < -0.4 is 10.6 Å². The van der Waals surface area contributed by atoms with Gasteiger partial charge in [-0.2, -0.15) is 0 Å². The molecule has 3 amide bonds. The van der Waals surface area contributed by atoms with Crippen LogP contribution in [0, 0.1) is 0 Å². The van der Waals surface area contributed by atoms with E-state index in [0.717, 1.165) is 42.0 Å². The molecule has 2 fully saturated rings. The van der Waals surface area contributed by atoms with Crippen molar-refractivity contribution in [2.75, 3.05) is 6.54 Å². The lowest BCUT2D eigenvalue weighted by Crippen LogP contribution is -2.56. The molecule has 1 heterocycles. The van der Waals surface area contributed by atoms with Gasteiger partial charge in [0.25, 0.3) is 11.8 Å². The van der Waals surface area contributed by atoms with E-state index in [0.29, 0.717) is 31.4 Å². The zero-order valence-electron chi connectivity index (χ0n) is 22.2. The van der Waals surface area contributed by atoms with Crippen LogP contribution in [0.2, 0.25) is 0 Å². The van der Waals surface area contributed by atoms with Crippen LogP contribution in [0.15, 0.2) is 72.8 Å². The second-order valence-corrected chi connectivity index (χ2v) is 10.8. The number of likely N-dealkylation sites (tertiary alicyclic amines) is 1. The molecule has 7 heteroatoms. The summed E-state index contributed by atoms with van der Waals surface area (Å²) in [5, 5.41) is 18.9. The molecule has 7 nitrogen and oxygen atoms in total. The molecule has 1 saturated carbocycles. The number of carbonyl (C=O) groups is 3. The van der Waals surface area contributed by atoms with E-state index < -0.39 is 24.1 Å². The van der Waals surface area contributed by atoms with E-state index in [4.69, 9.17) is 0 Å². The number of benzene rings is 3. The van der Waals surface area contributed by atoms with Crippen molar-refractivity contribution in [1.82, 2.24) is 15.5 Å². The van der Waals surface area contributed by atoms with E-state index in [1.54, 1.807) is 11.0 Å². The maximum Gasteiger partial charge on any atom is 0.251 e. The lowest BCUT2D eigenvalue weighted by atomic mass is 9.95. The van der Waals surface area contributed by atoms with Crippen molar-refractivity contribution in [3.8, 4) is 0 Å². The molecule has 0 spiro atoms. The van der Waals surface area contributed by atoms with Crippen LogP contribution in [0.3, 0.4) is 0 Å². The second-order valence-electron chi connectivity index (χ2n) is 10.8. The third-order valence-corrected chi connectivity index (χ3v) is 8.06. The Hall–Kier alpha value is -3.71. The summed E-state index contributed by atoms with van der Waals surface area (Å²) in [6.07, 6.45) is 5.42. The molecule has 3 aromatic rings. The van der Waals surface area contributed by atoms with Gasteiger partial charge >= 0.3 is 0 Å². The van der Waals surface area contributed by atoms with Crippen LogP contribution in [0.5, 0.6) is 0 Å². The summed E-state index contributed by atoms with van der Waals surface area (Å²) in [5.41, 5.74) is 1.39. The molecule has 1 aliphatic carbocycles. The summed E-state index contributed by atoms with van der Waals surface area (Å²) in [6.45, 7) is 0.439. The van der Waals surface area contributed by atoms with Gasteiger partial charge in [-0.3, -0.25) is 14.4 Å². The number of hydrogen-bond acceptors (Lipinski definition) is 4. The Balaban J connectivity index is 1.33. The van der Waals surface area contributed by atoms with Gasteiger partial charge in [0.15, 0.2) is 6.10 Å². The zero-order chi connectivity index (χ0) is 27.2. The Bertz CT molecular complexity index is 1310. The second kappa shape index (κ2) is 12.4. The van der Waals surface area contributed by atoms with Gasteiger partial charge in [-0.25, -0.2) is 0 Å². The molecule has 204 valence electrons. The van der Waals surface area contributed by atoms with E-state index in [1.807, 2.05) is 66.7 Å². The fraction of sp³-hybridized carbons (Fsp3) is 0.406. The Morgan fingerprint density at radius 3 is 2.33 bits per heavy atom. The summed E-state index contributed by atoms with van der Waals surface area (Å²) in [4.78, 5) is 41.8. The number of carbonyl (C=O) groups excluding carboxylic acids is 3. The number of aliphatic hydroxyl groups excluding tert-OH is 1. The van der Waals surface area contributed by atoms with E-state index in [9.17, 15) is 19.5 Å². The van der Waals surface area contributed by atoms with Crippen molar-refractivity contribution in [2.24, 2.45) is 0 Å². The van der Waals surface area contributed by atoms with Crippen molar-refractivity contribution in [2.45, 2.75) is 75.6 Å². The van der Waals surface area contributed by atoms with E-state index in [-0.39, 0.29) is 17.9 Å². The predicted molar refractivity (Wildman–Crippen MR) is 151 cm³/mol. The summed E-state index contributed by atoms with van der Waals surface area (Å²) in [7, 11) is 0. The number of nitrogens with zero attached hydrogens (tertiary/aromatic N) is 1. The average molecular weight is 528 g/mol. The van der Waals surface area contributed by atoms with Crippen LogP contribution in [0.4, 0.5) is 0 Å². The first-order chi connectivity index (χ1) is 19.0. The van der Waals surface area contributed by atoms with Crippen molar-refractivity contribution >= 4 is 28.5 Å². The molecule has 0 bridgehead atoms. The number of hydrogen-bond donors (Lipinski definition) is 3. The van der Waals surface area contributed by atoms with Gasteiger partial charge in [0.05, 0.1) is 6.04 Å². The molecule has 1 unspecified atom stereocenters. The maximum absolute atomic E-state index is 13.9. The number of nitrogens with one attached hydrogen (secondary N) is 2. The molecule has 3 atom stereocenters. The van der Waals surface area contributed by atoms with Crippen molar-refractivity contribution in [3.63, 3.8) is 0 Å². The topological polar surface area (TPSA) is 98.7 Å². The Labute approximate surface area is 229 Å². The predicted octanol–water partition coefficient (Wildman–Crippen LogP) is 3.98. The van der Waals surface area contributed by atoms with Gasteiger partial charge in [-0.05, 0) is 54.2 Å². The van der Waals surface area contributed by atoms with Crippen LogP contribution >= 0.6 is 0 Å². The minimum atomic E-state index is -1.30. The highest BCUT2D eigenvalue weighted by molar-refractivity contribution is 6.01. The quantitative estimate of drug-likeness (QED) is 0.413. The monoisotopic (exact) mass is 527 g/mol. The smallest absolute Gasteiger partial charge is 0.251 e. The van der Waals surface area contributed by atoms with Crippen LogP contribution in [0.25, 0.3) is 10.8 Å². The molecule has 39 heavy (non-hydrogen) atoms. The summed E-state index contributed by atoms with van der Waals surface area (Å²) >= 11 is 0. The van der Waals surface area contributed by atoms with Gasteiger partial charge in [0, 0.05) is 24.6 Å². The molecule has 0 aromatic heterocycles. The van der Waals surface area contributed by atoms with Gasteiger partial charge in [0.2, 0.25) is 5.91 Å². The fourth-order valence-corrected chi connectivity index (χ4v) is 5.92. The normalized spacial score (nSPS) is 19.4. The highest BCUT2D eigenvalue weighted by atomic mass is 16.3. The Kier molecular flexibility index (Phi) is 8.57. The molecule has 1 saturated heterocycles. The fourth-order valence-electron chi connectivity index (χ4n) is 5.92. The van der Waals surface area contributed by atoms with E-state index in [1.165, 1.54) is 6.42 Å². The van der Waals surface area contributed by atoms with Crippen LogP contribution in [-0.4, -0.2) is 58.5 Å². The molecule has 5 rings (SSSR count). The highest BCUT2D eigenvalue weighted by Gasteiger charge is 2.40. The molecular formula is C32H37N3O4. The highest BCUT2D eigenvalue weighted by Crippen LogP contribution is 2.24. The van der Waals surface area contributed by atoms with Crippen LogP contribution in [-0.2, 0) is 16.0 Å². The minimum Gasteiger partial charge on any atom is -0.381 e. The number of aliphatic hydroxyl groups is 1. The lowest BCUT2D eigenvalue weighted by Gasteiger charge is -2.32. The van der Waals surface area contributed by atoms with Crippen molar-refractivity contribution < 1.29 is 19.5 Å². The molecular weight excluding hydrogens is 490 g/mol. The number of rotatable bonds is 8. The van der Waals surface area contributed by atoms with Gasteiger partial charge in [0.1, 0.15) is 6.04 Å². The van der Waals surface area contributed by atoms with Gasteiger partial charge < -0.3 is 20.6 Å². The Morgan fingerprint density at radius 1 is 0.846 bits per heavy atom. The molecule has 1 aliphatic heterocycles. The standard InChI is InChI=1S/C32H37N3O4/c36-29(31(38)33-26-14-5-2-6-15-26)28-16-9-19-35(28)32(39)27(20-22-10-3-1-4-11-22)34-30(37)25-18-17-23-12-7-8-13-24(23)21-25/h1,3-4,7-8,10-13,17-18,21,26-29,36H,2,5-6,9,14-16,19-20H2,(H,33,38)(H,34,37)/t27-,28-,29?/m0/s1. The lowest BCUT2D eigenvalue weighted by molar-refractivity contribution is -0.141. The van der Waals surface area contributed by atoms with Gasteiger partial charge in [-0.15, -0.1) is 0 Å². The summed E-state index contributed by atoms with van der Waals surface area (Å²) in [5.74, 6) is -1.02. The van der Waals surface area contributed by atoms with E-state index >= 15 is 0 Å². The molecule has 3 aromatic carbocycles. The maximum atomic E-state index is 13.9. The Morgan fingerprint density at radius 2 is 1.56 bits per heavy atom. The summed E-state index contributed by atoms with van der Waals surface area (Å²) < 4.78 is 0.